The molecule has 0 radical (unpaired) electrons. The number of benzene rings is 1. The van der Waals surface area contributed by atoms with Crippen LogP contribution in [-0.2, 0) is 6.18 Å². The molecule has 0 spiro atoms. The molecule has 1 heterocycles. The molecule has 2 N–H and O–H groups in total. The van der Waals surface area contributed by atoms with E-state index in [1.807, 2.05) is 0 Å². The molecular formula is C11H9BrF3N3O. The maximum absolute atomic E-state index is 12.9. The molecule has 0 fully saturated rings. The molecule has 0 aliphatic carbocycles. The number of hydrogen-bond donors (Lipinski definition) is 1. The average molecular weight is 336 g/mol. The first-order valence-corrected chi connectivity index (χ1v) is 6.04. The van der Waals surface area contributed by atoms with E-state index in [1.165, 1.54) is 12.1 Å². The van der Waals surface area contributed by atoms with Gasteiger partial charge in [0.1, 0.15) is 0 Å². The summed E-state index contributed by atoms with van der Waals surface area (Å²) in [5.41, 5.74) is 4.55. The van der Waals surface area contributed by atoms with Crippen LogP contribution >= 0.6 is 15.9 Å². The summed E-state index contributed by atoms with van der Waals surface area (Å²) in [7, 11) is 0. The van der Waals surface area contributed by atoms with Gasteiger partial charge in [0, 0.05) is 10.0 Å². The van der Waals surface area contributed by atoms with Crippen molar-refractivity contribution in [2.24, 2.45) is 5.73 Å². The Labute approximate surface area is 114 Å². The van der Waals surface area contributed by atoms with Gasteiger partial charge in [0.2, 0.25) is 11.7 Å². The van der Waals surface area contributed by atoms with Gasteiger partial charge in [0.15, 0.2) is 0 Å². The fourth-order valence-electron chi connectivity index (χ4n) is 1.48. The molecule has 102 valence electrons. The predicted octanol–water partition coefficient (Wildman–Crippen LogP) is 3.54. The van der Waals surface area contributed by atoms with E-state index in [4.69, 9.17) is 10.3 Å². The van der Waals surface area contributed by atoms with Crippen molar-refractivity contribution in [3.05, 3.63) is 34.1 Å². The Morgan fingerprint density at radius 3 is 2.58 bits per heavy atom. The van der Waals surface area contributed by atoms with Crippen LogP contribution in [0.2, 0.25) is 0 Å². The van der Waals surface area contributed by atoms with Gasteiger partial charge in [-0.05, 0) is 25.1 Å². The minimum absolute atomic E-state index is 0.0889. The third-order valence-corrected chi connectivity index (χ3v) is 2.85. The van der Waals surface area contributed by atoms with Crippen molar-refractivity contribution in [1.82, 2.24) is 10.1 Å². The van der Waals surface area contributed by atoms with E-state index >= 15 is 0 Å². The van der Waals surface area contributed by atoms with Gasteiger partial charge in [0.25, 0.3) is 0 Å². The number of halogens is 4. The summed E-state index contributed by atoms with van der Waals surface area (Å²) >= 11 is 3.01. The molecular weight excluding hydrogens is 327 g/mol. The van der Waals surface area contributed by atoms with E-state index in [-0.39, 0.29) is 17.3 Å². The first-order valence-electron chi connectivity index (χ1n) is 5.25. The van der Waals surface area contributed by atoms with Gasteiger partial charge in [-0.1, -0.05) is 21.1 Å². The SMILES string of the molecule is C[C@@H](N)c1nc(-c2ccc(Br)cc2C(F)(F)F)no1. The summed E-state index contributed by atoms with van der Waals surface area (Å²) in [6.45, 7) is 1.60. The monoisotopic (exact) mass is 335 g/mol. The molecule has 1 aromatic heterocycles. The van der Waals surface area contributed by atoms with Crippen LogP contribution in [0.4, 0.5) is 13.2 Å². The number of rotatable bonds is 2. The zero-order valence-electron chi connectivity index (χ0n) is 9.70. The third kappa shape index (κ3) is 2.95. The lowest BCUT2D eigenvalue weighted by Gasteiger charge is -2.10. The van der Waals surface area contributed by atoms with E-state index < -0.39 is 17.8 Å². The lowest BCUT2D eigenvalue weighted by molar-refractivity contribution is -0.137. The summed E-state index contributed by atoms with van der Waals surface area (Å²) in [6.07, 6.45) is -4.51. The Balaban J connectivity index is 2.55. The van der Waals surface area contributed by atoms with Gasteiger partial charge in [-0.2, -0.15) is 18.2 Å². The molecule has 0 saturated carbocycles. The number of aromatic nitrogens is 2. The average Bonchev–Trinajstić information content (AvgIpc) is 2.77. The highest BCUT2D eigenvalue weighted by Crippen LogP contribution is 2.37. The summed E-state index contributed by atoms with van der Waals surface area (Å²) < 4.78 is 44.0. The molecule has 19 heavy (non-hydrogen) atoms. The molecule has 8 heteroatoms. The second kappa shape index (κ2) is 4.93. The second-order valence-electron chi connectivity index (χ2n) is 3.93. The summed E-state index contributed by atoms with van der Waals surface area (Å²) in [5, 5.41) is 3.53. The highest BCUT2D eigenvalue weighted by atomic mass is 79.9. The minimum Gasteiger partial charge on any atom is -0.337 e. The highest BCUT2D eigenvalue weighted by Gasteiger charge is 2.35. The van der Waals surface area contributed by atoms with Gasteiger partial charge >= 0.3 is 6.18 Å². The molecule has 0 aliphatic heterocycles. The van der Waals surface area contributed by atoms with Gasteiger partial charge in [-0.25, -0.2) is 0 Å². The van der Waals surface area contributed by atoms with Crippen LogP contribution in [0.25, 0.3) is 11.4 Å². The first-order chi connectivity index (χ1) is 8.79. The Kier molecular flexibility index (Phi) is 3.64. The standard InChI is InChI=1S/C11H9BrF3N3O/c1-5(16)10-17-9(18-19-10)7-3-2-6(12)4-8(7)11(13,14)15/h2-5H,16H2,1H3/t5-/m1/s1. The number of alkyl halides is 3. The zero-order valence-corrected chi connectivity index (χ0v) is 11.3. The molecule has 0 amide bonds. The smallest absolute Gasteiger partial charge is 0.337 e. The Morgan fingerprint density at radius 1 is 1.37 bits per heavy atom. The minimum atomic E-state index is -4.51. The van der Waals surface area contributed by atoms with Gasteiger partial charge < -0.3 is 10.3 Å². The molecule has 0 saturated heterocycles. The van der Waals surface area contributed by atoms with Crippen molar-refractivity contribution in [2.75, 3.05) is 0 Å². The maximum atomic E-state index is 12.9. The largest absolute Gasteiger partial charge is 0.417 e. The van der Waals surface area contributed by atoms with Gasteiger partial charge in [-0.15, -0.1) is 0 Å². The fraction of sp³-hybridized carbons (Fsp3) is 0.273. The van der Waals surface area contributed by atoms with Crippen LogP contribution in [-0.4, -0.2) is 10.1 Å². The third-order valence-electron chi connectivity index (χ3n) is 2.36. The Hall–Kier alpha value is -1.41. The van der Waals surface area contributed by atoms with E-state index in [0.717, 1.165) is 6.07 Å². The predicted molar refractivity (Wildman–Crippen MR) is 65.0 cm³/mol. The normalized spacial score (nSPS) is 13.6. The molecule has 2 rings (SSSR count). The summed E-state index contributed by atoms with van der Waals surface area (Å²) in [4.78, 5) is 3.87. The van der Waals surface area contributed by atoms with E-state index in [9.17, 15) is 13.2 Å². The first kappa shape index (κ1) is 14.0. The lowest BCUT2D eigenvalue weighted by Crippen LogP contribution is -2.08. The van der Waals surface area contributed by atoms with Crippen molar-refractivity contribution in [3.8, 4) is 11.4 Å². The topological polar surface area (TPSA) is 64.9 Å². The van der Waals surface area contributed by atoms with Crippen molar-refractivity contribution in [2.45, 2.75) is 19.1 Å². The van der Waals surface area contributed by atoms with Crippen molar-refractivity contribution in [3.63, 3.8) is 0 Å². The molecule has 0 aliphatic rings. The van der Waals surface area contributed by atoms with Crippen LogP contribution in [0.3, 0.4) is 0 Å². The van der Waals surface area contributed by atoms with Crippen LogP contribution in [0.5, 0.6) is 0 Å². The van der Waals surface area contributed by atoms with Gasteiger partial charge in [-0.3, -0.25) is 0 Å². The maximum Gasteiger partial charge on any atom is 0.417 e. The van der Waals surface area contributed by atoms with Crippen LogP contribution in [0.1, 0.15) is 24.4 Å². The fourth-order valence-corrected chi connectivity index (χ4v) is 1.84. The molecule has 0 bridgehead atoms. The number of nitrogens with zero attached hydrogens (tertiary/aromatic N) is 2. The van der Waals surface area contributed by atoms with E-state index in [1.54, 1.807) is 6.92 Å². The van der Waals surface area contributed by atoms with E-state index in [2.05, 4.69) is 26.1 Å². The Bertz CT molecular complexity index is 595. The summed E-state index contributed by atoms with van der Waals surface area (Å²) in [6, 6.07) is 3.19. The van der Waals surface area contributed by atoms with Crippen LogP contribution < -0.4 is 5.73 Å². The quantitative estimate of drug-likeness (QED) is 0.911. The van der Waals surface area contributed by atoms with Gasteiger partial charge in [0.05, 0.1) is 11.6 Å². The van der Waals surface area contributed by atoms with Crippen LogP contribution in [0, 0.1) is 0 Å². The highest BCUT2D eigenvalue weighted by molar-refractivity contribution is 9.10. The molecule has 4 nitrogen and oxygen atoms in total. The molecule has 0 unspecified atom stereocenters. The molecule has 1 atom stereocenters. The van der Waals surface area contributed by atoms with Crippen molar-refractivity contribution in [1.29, 1.82) is 0 Å². The zero-order chi connectivity index (χ0) is 14.2. The number of nitrogens with two attached hydrogens (primary N) is 1. The van der Waals surface area contributed by atoms with Crippen molar-refractivity contribution >= 4 is 15.9 Å². The Morgan fingerprint density at radius 2 is 2.05 bits per heavy atom. The van der Waals surface area contributed by atoms with Crippen LogP contribution in [0.15, 0.2) is 27.2 Å². The molecule has 1 aromatic carbocycles. The summed E-state index contributed by atoms with van der Waals surface area (Å²) in [5.74, 6) is -0.0434. The molecule has 2 aromatic rings. The van der Waals surface area contributed by atoms with Crippen molar-refractivity contribution < 1.29 is 17.7 Å². The van der Waals surface area contributed by atoms with E-state index in [0.29, 0.717) is 4.47 Å². The second-order valence-corrected chi connectivity index (χ2v) is 4.85. The number of hydrogen-bond acceptors (Lipinski definition) is 4. The lowest BCUT2D eigenvalue weighted by atomic mass is 10.1.